The van der Waals surface area contributed by atoms with Gasteiger partial charge in [0.05, 0.1) is 63.7 Å². The van der Waals surface area contributed by atoms with Crippen LogP contribution in [0.25, 0.3) is 0 Å². The fourth-order valence-electron chi connectivity index (χ4n) is 14.8. The molecule has 2 aromatic carbocycles. The first-order chi connectivity index (χ1) is 63.6. The molecule has 0 radical (unpaired) electrons. The lowest BCUT2D eigenvalue weighted by Crippen LogP contribution is -2.56. The van der Waals surface area contributed by atoms with Gasteiger partial charge in [0.25, 0.3) is 5.91 Å². The number of nitrogens with one attached hydrogen (secondary N) is 6. The minimum Gasteiger partial charge on any atom is -0.483 e. The van der Waals surface area contributed by atoms with Gasteiger partial charge in [-0.05, 0) is 310 Å². The molecule has 5 aromatic rings. The molecule has 31 heteroatoms. The van der Waals surface area contributed by atoms with Crippen LogP contribution in [0.1, 0.15) is 320 Å². The Morgan fingerprint density at radius 1 is 0.616 bits per heavy atom. The quantitative estimate of drug-likeness (QED) is 0.0248. The van der Waals surface area contributed by atoms with Gasteiger partial charge in [0.15, 0.2) is 12.4 Å². The SMILES string of the molecule is CC(C)(C)N1CCCC(=O)C1.CC(C)(C)N1CCN(CCO)C(=O)C1.CC(C)(C)N1CCOCC1.CC(C)(C)NCC1CCCO1.CC(C)(C)NCc1ccc(OCC(N)=O)c(CO)c1.CCCNC(=O)CN1CCN(C(C)(C)C)CC1.CCN(CC)CCC(C)NC(C)(C)C.Cc1ncn(C(C)(C)C)n1.Cc1nnc(C(NC(C)(C)C)c2ccccc2)n1C.Cn1ccnc1CCNC(C)(C)C. The third-order valence-electron chi connectivity index (χ3n) is 23.2. The van der Waals surface area contributed by atoms with Gasteiger partial charge in [0.2, 0.25) is 11.8 Å². The molecule has 0 saturated carbocycles. The van der Waals surface area contributed by atoms with E-state index in [2.05, 4.69) is 351 Å². The van der Waals surface area contributed by atoms with E-state index in [1.807, 2.05) is 67.8 Å². The third-order valence-corrected chi connectivity index (χ3v) is 23.2. The van der Waals surface area contributed by atoms with Crippen molar-refractivity contribution >= 4 is 23.5 Å². The summed E-state index contributed by atoms with van der Waals surface area (Å²) in [5.41, 5.74) is 9.46. The van der Waals surface area contributed by atoms with E-state index in [9.17, 15) is 24.3 Å². The van der Waals surface area contributed by atoms with Crippen molar-refractivity contribution in [2.45, 2.75) is 381 Å². The monoisotopic (exact) mass is 1940 g/mol. The topological polar surface area (TPSA) is 337 Å². The highest BCUT2D eigenvalue weighted by atomic mass is 16.5. The van der Waals surface area contributed by atoms with E-state index in [1.165, 1.54) is 44.5 Å². The third kappa shape index (κ3) is 60.0. The fourth-order valence-corrected chi connectivity index (χ4v) is 14.8. The minimum atomic E-state index is -0.539. The summed E-state index contributed by atoms with van der Waals surface area (Å²) < 4.78 is 21.9. The predicted molar refractivity (Wildman–Crippen MR) is 570 cm³/mol. The van der Waals surface area contributed by atoms with Gasteiger partial charge >= 0.3 is 0 Å². The first kappa shape index (κ1) is 129. The van der Waals surface area contributed by atoms with Crippen molar-refractivity contribution in [2.24, 2.45) is 19.8 Å². The number of piperazine rings is 2. The molecule has 8 heterocycles. The molecule has 138 heavy (non-hydrogen) atoms. The number of likely N-dealkylation sites (tertiary alicyclic amines) is 1. The lowest BCUT2D eigenvalue weighted by molar-refractivity contribution is -0.139. The summed E-state index contributed by atoms with van der Waals surface area (Å²) in [7, 11) is 4.03. The number of hydrogen-bond donors (Lipinski definition) is 9. The number of morpholine rings is 1. The molecule has 3 amide bonds. The average molecular weight is 1940 g/mol. The lowest BCUT2D eigenvalue weighted by atomic mass is 10.0. The van der Waals surface area contributed by atoms with Crippen molar-refractivity contribution in [1.82, 2.24) is 105 Å². The number of carbonyl (C=O) groups excluding carboxylic acids is 4. The average Bonchev–Trinajstić information content (AvgIpc) is 1.63. The number of β-amino-alcohol motifs (C(OH)–C–C–N with tert-alkyl or cyclic N) is 1. The number of aliphatic hydroxyl groups excluding tert-OH is 2. The van der Waals surface area contributed by atoms with Crippen LogP contribution in [0.2, 0.25) is 0 Å². The minimum absolute atomic E-state index is 0.000360. The summed E-state index contributed by atoms with van der Waals surface area (Å²) in [5.74, 6) is 4.46. The molecule has 0 bridgehead atoms. The second kappa shape index (κ2) is 62.7. The zero-order chi connectivity index (χ0) is 105. The number of ketones is 1. The first-order valence-corrected chi connectivity index (χ1v) is 51.2. The van der Waals surface area contributed by atoms with Crippen LogP contribution in [0.3, 0.4) is 0 Å². The zero-order valence-corrected chi connectivity index (χ0v) is 94.5. The number of ether oxygens (including phenoxy) is 3. The molecule has 3 unspecified atom stereocenters. The van der Waals surface area contributed by atoms with Gasteiger partial charge in [-0.2, -0.15) is 5.10 Å². The number of Topliss-reactive ketones (excluding diaryl/α,β-unsaturated/α-hetero) is 1. The molecule has 0 spiro atoms. The van der Waals surface area contributed by atoms with Crippen molar-refractivity contribution < 1.29 is 43.6 Å². The number of hydrogen-bond acceptors (Lipinski definition) is 25. The van der Waals surface area contributed by atoms with Crippen LogP contribution in [0.5, 0.6) is 5.75 Å². The number of aromatic nitrogens is 8. The smallest absolute Gasteiger partial charge is 0.255 e. The second-order valence-electron chi connectivity index (χ2n) is 47.0. The van der Waals surface area contributed by atoms with E-state index in [4.69, 9.17) is 25.1 Å². The van der Waals surface area contributed by atoms with Crippen LogP contribution < -0.4 is 42.4 Å². The Morgan fingerprint density at radius 3 is 1.59 bits per heavy atom. The lowest BCUT2D eigenvalue weighted by Gasteiger charge is -2.42. The summed E-state index contributed by atoms with van der Waals surface area (Å²) in [4.78, 5) is 69.0. The standard InChI is InChI=1S/C15H22N4.C14H22N2O3.C13H27N3O.C12H28N2.C10H19N3.C10H20N2O2.C9H19NO.C9H17NO.C8H17NO.C7H13N3/c1-11-17-18-14(19(11)5)13(16-15(2,3)4)12-9-7-6-8-10-12;1-14(2,3)16-7-10-4-5-12(11(6-10)8-17)19-9-13(15)18;1-5-6-14-12(17)11-15-7-9-16(10-8-15)13(2,3)4;1-7-14(8-2)10-9-11(3)13-12(4,5)6;1-10(2,3)12-6-5-9-11-7-8-13(9)4;1-10(2,3)12-5-4-11(6-7-13)9(14)8-12;1-9(2,3)10-7-8-5-4-6-11-8;1-9(2,3)10-6-4-5-8(11)7-10;1-8(2,3)9-4-6-10-7-5-9;1-6-8-5-10(9-6)7(2,3)4/h6-10,13,16H,1-5H3;4-6,16-17H,7-9H2,1-3H3,(H2,15,18);5-11H2,1-4H3,(H,14,17);11,13H,7-10H2,1-6H3;7-8,12H,5-6H2,1-4H3;13H,4-8H2,1-3H3;8,10H,4-7H2,1-3H3;4-7H2,1-3H3;4-7H2,1-3H3;5H,1-4H3. The van der Waals surface area contributed by atoms with Crippen LogP contribution in [0.15, 0.2) is 67.3 Å². The van der Waals surface area contributed by atoms with Gasteiger partial charge in [0.1, 0.15) is 35.3 Å². The highest BCUT2D eigenvalue weighted by molar-refractivity contribution is 5.81. The van der Waals surface area contributed by atoms with E-state index >= 15 is 0 Å². The van der Waals surface area contributed by atoms with Crippen LogP contribution in [0.4, 0.5) is 0 Å². The summed E-state index contributed by atoms with van der Waals surface area (Å²) in [6.07, 6.45) is 13.5. The molecule has 3 aromatic heterocycles. The summed E-state index contributed by atoms with van der Waals surface area (Å²) in [6, 6.07) is 16.5. The Bertz CT molecular complexity index is 4080. The summed E-state index contributed by atoms with van der Waals surface area (Å²) in [6.45, 7) is 98.4. The Labute approximate surface area is 839 Å². The molecule has 5 aliphatic heterocycles. The van der Waals surface area contributed by atoms with Crippen molar-refractivity contribution in [2.75, 3.05) is 157 Å². The van der Waals surface area contributed by atoms with Crippen LogP contribution >= 0.6 is 0 Å². The molecule has 3 atom stereocenters. The maximum absolute atomic E-state index is 11.6. The Morgan fingerprint density at radius 2 is 1.17 bits per heavy atom. The molecule has 31 nitrogen and oxygen atoms in total. The van der Waals surface area contributed by atoms with Crippen molar-refractivity contribution in [3.8, 4) is 5.75 Å². The van der Waals surface area contributed by atoms with Gasteiger partial charge in [-0.15, -0.1) is 10.2 Å². The highest BCUT2D eigenvalue weighted by Gasteiger charge is 2.33. The molecule has 796 valence electrons. The van der Waals surface area contributed by atoms with Gasteiger partial charge in [-0.25, -0.2) is 14.6 Å². The molecular weight excluding hydrogens is 1740 g/mol. The van der Waals surface area contributed by atoms with Crippen LogP contribution in [-0.2, 0) is 67.9 Å². The zero-order valence-electron chi connectivity index (χ0n) is 94.5. The number of carbonyl (C=O) groups is 4. The van der Waals surface area contributed by atoms with E-state index in [0.717, 1.165) is 153 Å². The van der Waals surface area contributed by atoms with Gasteiger partial charge in [-0.1, -0.05) is 57.2 Å². The van der Waals surface area contributed by atoms with E-state index in [1.54, 1.807) is 17.3 Å². The van der Waals surface area contributed by atoms with E-state index in [-0.39, 0.29) is 87.5 Å². The maximum Gasteiger partial charge on any atom is 0.255 e. The van der Waals surface area contributed by atoms with Gasteiger partial charge in [-0.3, -0.25) is 49.0 Å². The second-order valence-corrected chi connectivity index (χ2v) is 47.0. The first-order valence-electron chi connectivity index (χ1n) is 51.2. The maximum atomic E-state index is 11.6. The van der Waals surface area contributed by atoms with Gasteiger partial charge in [0, 0.05) is 192 Å². The Hall–Kier alpha value is -6.79. The largest absolute Gasteiger partial charge is 0.483 e. The number of nitrogens with zero attached hydrogens (tertiary/aromatic N) is 15. The number of amides is 3. The summed E-state index contributed by atoms with van der Waals surface area (Å²) in [5, 5.41) is 51.1. The van der Waals surface area contributed by atoms with E-state index < -0.39 is 5.91 Å². The van der Waals surface area contributed by atoms with Crippen LogP contribution in [-0.4, -0.2) is 326 Å². The van der Waals surface area contributed by atoms with Crippen LogP contribution in [0, 0.1) is 13.8 Å². The Kier molecular flexibility index (Phi) is 58.7. The fraction of sp³-hybridized carbons (Fsp3) is 0.785. The summed E-state index contributed by atoms with van der Waals surface area (Å²) >= 11 is 0. The molecular formula is C107H204N22O9. The number of aryl methyl sites for hydroxylation is 3. The molecule has 5 fully saturated rings. The number of aliphatic hydroxyl groups is 2. The molecule has 0 aliphatic carbocycles. The van der Waals surface area contributed by atoms with Crippen molar-refractivity contribution in [3.05, 3.63) is 107 Å². The molecule has 5 aliphatic rings. The number of primary amides is 1. The normalized spacial score (nSPS) is 16.9. The molecule has 10 rings (SSSR count). The number of imidazole rings is 1. The number of nitrogens with two attached hydrogens (primary N) is 1. The Balaban J connectivity index is 0.000000772. The van der Waals surface area contributed by atoms with Gasteiger partial charge < -0.3 is 75.7 Å². The molecule has 5 saturated heterocycles. The number of piperidine rings is 1. The number of rotatable bonds is 26. The molecule has 10 N–H and O–H groups in total. The highest BCUT2D eigenvalue weighted by Crippen LogP contribution is 2.26. The van der Waals surface area contributed by atoms with Crippen molar-refractivity contribution in [3.63, 3.8) is 0 Å². The predicted octanol–water partition coefficient (Wildman–Crippen LogP) is 13.7. The van der Waals surface area contributed by atoms with E-state index in [0.29, 0.717) is 67.5 Å². The number of benzene rings is 2. The van der Waals surface area contributed by atoms with Crippen molar-refractivity contribution in [1.29, 1.82) is 0 Å².